The fourth-order valence-electron chi connectivity index (χ4n) is 2.64. The highest BCUT2D eigenvalue weighted by Crippen LogP contribution is 2.32. The molecule has 0 spiro atoms. The number of benzene rings is 1. The van der Waals surface area contributed by atoms with Crippen LogP contribution in [0.4, 0.5) is 0 Å². The Bertz CT molecular complexity index is 402. The molecule has 1 unspecified atom stereocenters. The van der Waals surface area contributed by atoms with Gasteiger partial charge in [0.25, 0.3) is 0 Å². The summed E-state index contributed by atoms with van der Waals surface area (Å²) in [5.41, 5.74) is 0.730. The Morgan fingerprint density at radius 2 is 1.61 bits per heavy atom. The van der Waals surface area contributed by atoms with E-state index in [0.29, 0.717) is 5.92 Å². The van der Waals surface area contributed by atoms with Crippen molar-refractivity contribution < 1.29 is 5.11 Å². The lowest BCUT2D eigenvalue weighted by molar-refractivity contribution is -0.0294. The van der Waals surface area contributed by atoms with E-state index in [1.165, 1.54) is 11.8 Å². The second kappa shape index (κ2) is 14.4. The third-order valence-electron chi connectivity index (χ3n) is 4.02. The molecule has 1 rings (SSSR count). The van der Waals surface area contributed by atoms with Crippen molar-refractivity contribution >= 4 is 24.5 Å². The van der Waals surface area contributed by atoms with Gasteiger partial charge in [-0.1, -0.05) is 50.9 Å². The lowest BCUT2D eigenvalue weighted by Crippen LogP contribution is -2.37. The van der Waals surface area contributed by atoms with Crippen molar-refractivity contribution in [2.45, 2.75) is 65.4 Å². The molecule has 0 fully saturated rings. The van der Waals surface area contributed by atoms with Crippen molar-refractivity contribution in [1.82, 2.24) is 0 Å². The van der Waals surface area contributed by atoms with Crippen LogP contribution in [0.5, 0.6) is 0 Å². The van der Waals surface area contributed by atoms with Crippen LogP contribution in [-0.4, -0.2) is 23.6 Å². The zero-order valence-electron chi connectivity index (χ0n) is 15.0. The number of aliphatic hydroxyl groups is 1. The largest absolute Gasteiger partial charge is 0.390 e. The summed E-state index contributed by atoms with van der Waals surface area (Å²) < 4.78 is 0. The van der Waals surface area contributed by atoms with Crippen LogP contribution in [0.1, 0.15) is 58.9 Å². The van der Waals surface area contributed by atoms with Gasteiger partial charge in [-0.3, -0.25) is 0 Å². The smallest absolute Gasteiger partial charge is 0.0673 e. The van der Waals surface area contributed by atoms with Gasteiger partial charge in [0, 0.05) is 5.02 Å². The Morgan fingerprint density at radius 3 is 1.96 bits per heavy atom. The Labute approximate surface area is 147 Å². The Balaban J connectivity index is 0. The highest BCUT2D eigenvalue weighted by atomic mass is 35.5. The summed E-state index contributed by atoms with van der Waals surface area (Å²) in [5.74, 6) is 0.332. The first-order chi connectivity index (χ1) is 11.0. The van der Waals surface area contributed by atoms with Gasteiger partial charge in [0.15, 0.2) is 0 Å². The zero-order valence-corrected chi connectivity index (χ0v) is 15.8. The van der Waals surface area contributed by atoms with Crippen molar-refractivity contribution in [1.29, 1.82) is 10.8 Å². The van der Waals surface area contributed by atoms with Crippen LogP contribution in [0.3, 0.4) is 0 Å². The molecule has 1 aromatic rings. The van der Waals surface area contributed by atoms with Crippen LogP contribution >= 0.6 is 11.6 Å². The quantitative estimate of drug-likeness (QED) is 0.542. The first-order valence-electron chi connectivity index (χ1n) is 8.24. The van der Waals surface area contributed by atoms with Crippen molar-refractivity contribution in [3.8, 4) is 0 Å². The van der Waals surface area contributed by atoms with Gasteiger partial charge in [-0.25, -0.2) is 0 Å². The highest BCUT2D eigenvalue weighted by molar-refractivity contribution is 6.30. The molecule has 0 saturated carbocycles. The first-order valence-corrected chi connectivity index (χ1v) is 8.62. The van der Waals surface area contributed by atoms with Crippen molar-refractivity contribution in [2.24, 2.45) is 5.92 Å². The molecular formula is C19H33ClN2O. The fourth-order valence-corrected chi connectivity index (χ4v) is 2.77. The number of halogens is 1. The van der Waals surface area contributed by atoms with Crippen molar-refractivity contribution in [2.75, 3.05) is 0 Å². The monoisotopic (exact) mass is 340 g/mol. The predicted molar refractivity (Wildman–Crippen MR) is 103 cm³/mol. The maximum Gasteiger partial charge on any atom is 0.0673 e. The number of hydrogen-bond donors (Lipinski definition) is 3. The zero-order chi connectivity index (χ0) is 18.3. The standard InChI is InChI=1S/C16H25ClO.C2H5N.CH3N/c1-4-7-14(16(18,5-2)6-3)12-13-8-10-15(17)11-9-13;1-2-3;1-2/h8-11,14,18H,4-7,12H2,1-3H3;2-3H,1H3;2H,1H2. The van der Waals surface area contributed by atoms with Crippen molar-refractivity contribution in [3.05, 3.63) is 34.9 Å². The van der Waals surface area contributed by atoms with Crippen LogP contribution in [0, 0.1) is 16.7 Å². The van der Waals surface area contributed by atoms with Crippen LogP contribution in [0.15, 0.2) is 24.3 Å². The molecule has 3 N–H and O–H groups in total. The van der Waals surface area contributed by atoms with Gasteiger partial charge in [-0.15, -0.1) is 0 Å². The minimum absolute atomic E-state index is 0.332. The molecule has 1 aromatic carbocycles. The van der Waals surface area contributed by atoms with Crippen LogP contribution in [0.2, 0.25) is 5.02 Å². The summed E-state index contributed by atoms with van der Waals surface area (Å²) >= 11 is 5.90. The average molecular weight is 341 g/mol. The van der Waals surface area contributed by atoms with E-state index in [-0.39, 0.29) is 0 Å². The molecule has 23 heavy (non-hydrogen) atoms. The molecule has 4 heteroatoms. The summed E-state index contributed by atoms with van der Waals surface area (Å²) in [6.45, 7) is 10.5. The number of rotatable bonds is 7. The number of nitrogens with one attached hydrogen (secondary N) is 2. The Hall–Kier alpha value is -1.19. The maximum atomic E-state index is 10.7. The SMILES string of the molecule is C=N.CC=N.CCCC(Cc1ccc(Cl)cc1)C(O)(CC)CC. The summed E-state index contributed by atoms with van der Waals surface area (Å²) in [5, 5.41) is 23.1. The third-order valence-corrected chi connectivity index (χ3v) is 4.27. The van der Waals surface area contributed by atoms with E-state index in [0.717, 1.165) is 37.1 Å². The van der Waals surface area contributed by atoms with Gasteiger partial charge >= 0.3 is 0 Å². The van der Waals surface area contributed by atoms with Crippen LogP contribution < -0.4 is 0 Å². The first kappa shape index (κ1) is 24.1. The van der Waals surface area contributed by atoms with E-state index >= 15 is 0 Å². The van der Waals surface area contributed by atoms with E-state index in [2.05, 4.69) is 39.6 Å². The molecular weight excluding hydrogens is 308 g/mol. The second-order valence-corrected chi connectivity index (χ2v) is 5.85. The third kappa shape index (κ3) is 9.52. The molecule has 0 bridgehead atoms. The van der Waals surface area contributed by atoms with E-state index in [9.17, 15) is 5.11 Å². The molecule has 0 aromatic heterocycles. The van der Waals surface area contributed by atoms with E-state index in [4.69, 9.17) is 22.4 Å². The molecule has 132 valence electrons. The molecule has 3 nitrogen and oxygen atoms in total. The predicted octanol–water partition coefficient (Wildman–Crippen LogP) is 5.77. The summed E-state index contributed by atoms with van der Waals surface area (Å²) in [4.78, 5) is 0. The van der Waals surface area contributed by atoms with Gasteiger partial charge in [0.05, 0.1) is 5.60 Å². The van der Waals surface area contributed by atoms with Gasteiger partial charge in [-0.05, 0) is 69.2 Å². The minimum atomic E-state index is -0.532. The van der Waals surface area contributed by atoms with Gasteiger partial charge in [0.1, 0.15) is 0 Å². The highest BCUT2D eigenvalue weighted by Gasteiger charge is 2.32. The maximum absolute atomic E-state index is 10.7. The molecule has 0 amide bonds. The lowest BCUT2D eigenvalue weighted by atomic mass is 9.77. The van der Waals surface area contributed by atoms with Gasteiger partial charge in [-0.2, -0.15) is 0 Å². The fraction of sp³-hybridized carbons (Fsp3) is 0.579. The van der Waals surface area contributed by atoms with Gasteiger partial charge in [0.2, 0.25) is 0 Å². The summed E-state index contributed by atoms with van der Waals surface area (Å²) in [7, 11) is 0. The molecule has 0 radical (unpaired) electrons. The molecule has 0 aliphatic rings. The van der Waals surface area contributed by atoms with E-state index in [1.807, 2.05) is 12.1 Å². The van der Waals surface area contributed by atoms with Crippen LogP contribution in [0.25, 0.3) is 0 Å². The molecule has 0 heterocycles. The number of hydrogen-bond acceptors (Lipinski definition) is 3. The molecule has 0 saturated heterocycles. The topological polar surface area (TPSA) is 67.9 Å². The van der Waals surface area contributed by atoms with E-state index in [1.54, 1.807) is 6.92 Å². The Morgan fingerprint density at radius 1 is 1.17 bits per heavy atom. The summed E-state index contributed by atoms with van der Waals surface area (Å²) in [6.07, 6.45) is 6.01. The van der Waals surface area contributed by atoms with Crippen LogP contribution in [-0.2, 0) is 6.42 Å². The van der Waals surface area contributed by atoms with Gasteiger partial charge < -0.3 is 15.9 Å². The Kier molecular flexibility index (Phi) is 15.1. The van der Waals surface area contributed by atoms with E-state index < -0.39 is 5.60 Å². The molecule has 0 aliphatic heterocycles. The molecule has 1 atom stereocenters. The normalized spacial score (nSPS) is 11.4. The lowest BCUT2D eigenvalue weighted by Gasteiger charge is -2.35. The summed E-state index contributed by atoms with van der Waals surface area (Å²) in [6, 6.07) is 7.99. The van der Waals surface area contributed by atoms with Crippen molar-refractivity contribution in [3.63, 3.8) is 0 Å². The minimum Gasteiger partial charge on any atom is -0.390 e. The second-order valence-electron chi connectivity index (χ2n) is 5.42. The average Bonchev–Trinajstić information content (AvgIpc) is 2.58. The molecule has 0 aliphatic carbocycles.